The number of imidazole rings is 1. The van der Waals surface area contributed by atoms with Crippen LogP contribution in [0.15, 0.2) is 48.5 Å². The molecular weight excluding hydrogens is 460 g/mol. The van der Waals surface area contributed by atoms with Crippen molar-refractivity contribution in [2.24, 2.45) is 5.92 Å². The lowest BCUT2D eigenvalue weighted by atomic mass is 9.85. The van der Waals surface area contributed by atoms with Crippen LogP contribution in [0.25, 0.3) is 22.3 Å². The highest BCUT2D eigenvalue weighted by molar-refractivity contribution is 6.29. The van der Waals surface area contributed by atoms with E-state index in [1.807, 2.05) is 0 Å². The molecule has 1 aliphatic carbocycles. The second-order valence-corrected chi connectivity index (χ2v) is 8.94. The monoisotopic (exact) mass is 481 g/mol. The lowest BCUT2D eigenvalue weighted by Crippen LogP contribution is -2.19. The second-order valence-electron chi connectivity index (χ2n) is 8.58. The molecule has 8 heteroatoms. The fraction of sp³-hybridized carbons (Fsp3) is 0.269. The number of aromatic nitrogens is 3. The van der Waals surface area contributed by atoms with Crippen LogP contribution >= 0.6 is 11.6 Å². The summed E-state index contributed by atoms with van der Waals surface area (Å²) in [6, 6.07) is 12.8. The van der Waals surface area contributed by atoms with Gasteiger partial charge in [0.1, 0.15) is 11.6 Å². The van der Waals surface area contributed by atoms with E-state index in [0.29, 0.717) is 34.7 Å². The number of fused-ring (bicyclic) bond motifs is 1. The average molecular weight is 482 g/mol. The van der Waals surface area contributed by atoms with E-state index >= 15 is 4.39 Å². The number of benzene rings is 2. The summed E-state index contributed by atoms with van der Waals surface area (Å²) >= 11 is 5.78. The Morgan fingerprint density at radius 1 is 1.09 bits per heavy atom. The molecule has 0 amide bonds. The number of halogens is 3. The van der Waals surface area contributed by atoms with E-state index in [1.54, 1.807) is 30.3 Å². The van der Waals surface area contributed by atoms with Crippen LogP contribution in [-0.2, 0) is 17.7 Å². The maximum absolute atomic E-state index is 15.1. The molecule has 0 N–H and O–H groups in total. The van der Waals surface area contributed by atoms with Crippen LogP contribution in [-0.4, -0.2) is 27.6 Å². The van der Waals surface area contributed by atoms with E-state index in [9.17, 15) is 9.18 Å². The number of nitrogens with zero attached hydrogens (tertiary/aromatic N) is 3. The molecule has 4 aromatic rings. The predicted molar refractivity (Wildman–Crippen MR) is 126 cm³/mol. The number of hydrogen-bond acceptors (Lipinski definition) is 4. The number of methoxy groups -OCH3 is 1. The molecule has 1 saturated carbocycles. The van der Waals surface area contributed by atoms with E-state index < -0.39 is 17.6 Å². The average Bonchev–Trinajstić information content (AvgIpc) is 3.14. The smallest absolute Gasteiger partial charge is 0.337 e. The van der Waals surface area contributed by atoms with Crippen molar-refractivity contribution in [3.05, 3.63) is 82.3 Å². The Labute approximate surface area is 200 Å². The normalized spacial score (nSPS) is 13.8. The second kappa shape index (κ2) is 9.14. The molecule has 1 fully saturated rings. The van der Waals surface area contributed by atoms with Crippen molar-refractivity contribution in [1.82, 2.24) is 14.5 Å². The number of ether oxygens (including phenoxy) is 1. The quantitative estimate of drug-likeness (QED) is 0.243. The van der Waals surface area contributed by atoms with Crippen LogP contribution in [0.5, 0.6) is 0 Å². The van der Waals surface area contributed by atoms with Crippen molar-refractivity contribution in [3.8, 4) is 11.3 Å². The molecule has 5 nitrogen and oxygen atoms in total. The highest BCUT2D eigenvalue weighted by Crippen LogP contribution is 2.31. The predicted octanol–water partition coefficient (Wildman–Crippen LogP) is 6.21. The van der Waals surface area contributed by atoms with Gasteiger partial charge in [0.05, 0.1) is 29.4 Å². The number of rotatable bonds is 6. The molecule has 34 heavy (non-hydrogen) atoms. The Kier molecular flexibility index (Phi) is 6.04. The minimum atomic E-state index is -0.622. The molecule has 0 aliphatic heterocycles. The maximum Gasteiger partial charge on any atom is 0.337 e. The number of carbonyl (C=O) groups is 1. The lowest BCUT2D eigenvalue weighted by Gasteiger charge is -2.26. The van der Waals surface area contributed by atoms with Crippen molar-refractivity contribution in [1.29, 1.82) is 0 Å². The van der Waals surface area contributed by atoms with Crippen LogP contribution in [0.3, 0.4) is 0 Å². The zero-order valence-electron chi connectivity index (χ0n) is 18.5. The molecule has 0 unspecified atom stereocenters. The van der Waals surface area contributed by atoms with Gasteiger partial charge in [-0.05, 0) is 60.7 Å². The summed E-state index contributed by atoms with van der Waals surface area (Å²) in [5, 5.41) is -0.252. The van der Waals surface area contributed by atoms with Gasteiger partial charge in [0.2, 0.25) is 0 Å². The first-order chi connectivity index (χ1) is 16.4. The lowest BCUT2D eigenvalue weighted by molar-refractivity contribution is 0.0601. The molecule has 2 heterocycles. The van der Waals surface area contributed by atoms with Gasteiger partial charge in [-0.2, -0.15) is 0 Å². The van der Waals surface area contributed by atoms with Gasteiger partial charge in [0.25, 0.3) is 0 Å². The van der Waals surface area contributed by atoms with E-state index in [4.69, 9.17) is 21.3 Å². The van der Waals surface area contributed by atoms with E-state index in [1.165, 1.54) is 31.7 Å². The summed E-state index contributed by atoms with van der Waals surface area (Å²) in [4.78, 5) is 20.8. The molecule has 2 aromatic carbocycles. The SMILES string of the molecule is COC(=O)c1ccc2nc(Cc3ccc(-c4ccc(F)c(Cl)n4)cc3F)n(CC3CCC3)c2c1. The number of esters is 1. The van der Waals surface area contributed by atoms with Gasteiger partial charge in [-0.1, -0.05) is 30.2 Å². The van der Waals surface area contributed by atoms with Crippen LogP contribution in [0, 0.1) is 17.6 Å². The largest absolute Gasteiger partial charge is 0.465 e. The third-order valence-electron chi connectivity index (χ3n) is 6.41. The fourth-order valence-corrected chi connectivity index (χ4v) is 4.44. The Morgan fingerprint density at radius 2 is 1.91 bits per heavy atom. The summed E-state index contributed by atoms with van der Waals surface area (Å²) in [5.74, 6) is -0.158. The standard InChI is InChI=1S/C26H22ClF2N3O2/c1-34-26(33)18-7-9-22-23(12-18)32(14-15-3-2-4-15)24(30-22)13-16-5-6-17(11-20(16)29)21-10-8-19(28)25(27)31-21/h5-12,15H,2-4,13-14H2,1H3. The Bertz CT molecular complexity index is 1400. The summed E-state index contributed by atoms with van der Waals surface area (Å²) < 4.78 is 35.5. The highest BCUT2D eigenvalue weighted by atomic mass is 35.5. The molecule has 5 rings (SSSR count). The molecule has 0 radical (unpaired) electrons. The summed E-state index contributed by atoms with van der Waals surface area (Å²) in [5.41, 5.74) is 3.43. The Hall–Kier alpha value is -3.32. The van der Waals surface area contributed by atoms with Crippen LogP contribution in [0.1, 0.15) is 41.0 Å². The zero-order valence-corrected chi connectivity index (χ0v) is 19.3. The van der Waals surface area contributed by atoms with Crippen molar-refractivity contribution in [2.75, 3.05) is 7.11 Å². The van der Waals surface area contributed by atoms with Crippen LogP contribution < -0.4 is 0 Å². The number of hydrogen-bond donors (Lipinski definition) is 0. The van der Waals surface area contributed by atoms with E-state index in [-0.39, 0.29) is 5.15 Å². The van der Waals surface area contributed by atoms with Gasteiger partial charge in [-0.25, -0.2) is 23.5 Å². The number of pyridine rings is 1. The first-order valence-corrected chi connectivity index (χ1v) is 11.5. The third kappa shape index (κ3) is 4.28. The number of carbonyl (C=O) groups excluding carboxylic acids is 1. The first kappa shape index (κ1) is 22.5. The first-order valence-electron chi connectivity index (χ1n) is 11.1. The van der Waals surface area contributed by atoms with E-state index in [2.05, 4.69) is 9.55 Å². The molecular formula is C26H22ClF2N3O2. The van der Waals surface area contributed by atoms with Gasteiger partial charge >= 0.3 is 5.97 Å². The van der Waals surface area contributed by atoms with Crippen molar-refractivity contribution < 1.29 is 18.3 Å². The van der Waals surface area contributed by atoms with Gasteiger partial charge in [0.15, 0.2) is 11.0 Å². The van der Waals surface area contributed by atoms with E-state index in [0.717, 1.165) is 36.2 Å². The molecule has 174 valence electrons. The zero-order chi connectivity index (χ0) is 23.8. The minimum Gasteiger partial charge on any atom is -0.465 e. The van der Waals surface area contributed by atoms with Crippen LogP contribution in [0.4, 0.5) is 8.78 Å². The topological polar surface area (TPSA) is 57.0 Å². The molecule has 0 saturated heterocycles. The maximum atomic E-state index is 15.1. The highest BCUT2D eigenvalue weighted by Gasteiger charge is 2.22. The summed E-state index contributed by atoms with van der Waals surface area (Å²) in [6.45, 7) is 0.772. The van der Waals surface area contributed by atoms with Gasteiger partial charge < -0.3 is 9.30 Å². The Balaban J connectivity index is 1.50. The van der Waals surface area contributed by atoms with Crippen molar-refractivity contribution in [3.63, 3.8) is 0 Å². The van der Waals surface area contributed by atoms with Crippen molar-refractivity contribution >= 4 is 28.6 Å². The van der Waals surface area contributed by atoms with Gasteiger partial charge in [-0.15, -0.1) is 0 Å². The molecule has 0 spiro atoms. The van der Waals surface area contributed by atoms with Crippen LogP contribution in [0.2, 0.25) is 5.15 Å². The molecule has 0 atom stereocenters. The Morgan fingerprint density at radius 3 is 2.59 bits per heavy atom. The molecule has 2 aromatic heterocycles. The van der Waals surface area contributed by atoms with Gasteiger partial charge in [-0.3, -0.25) is 0 Å². The molecule has 1 aliphatic rings. The summed E-state index contributed by atoms with van der Waals surface area (Å²) in [7, 11) is 1.35. The minimum absolute atomic E-state index is 0.252. The van der Waals surface area contributed by atoms with Crippen molar-refractivity contribution in [2.45, 2.75) is 32.2 Å². The van der Waals surface area contributed by atoms with Gasteiger partial charge in [0, 0.05) is 18.5 Å². The third-order valence-corrected chi connectivity index (χ3v) is 6.68. The summed E-state index contributed by atoms with van der Waals surface area (Å²) in [6.07, 6.45) is 3.79. The fourth-order valence-electron chi connectivity index (χ4n) is 4.29. The molecule has 0 bridgehead atoms.